The molecule has 2 rings (SSSR count). The molecule has 1 aromatic rings. The molecule has 0 radical (unpaired) electrons. The lowest BCUT2D eigenvalue weighted by Crippen LogP contribution is -1.97. The van der Waals surface area contributed by atoms with Crippen LogP contribution in [0.5, 0.6) is 0 Å². The van der Waals surface area contributed by atoms with Gasteiger partial charge in [-0.1, -0.05) is 25.7 Å². The molecule has 2 N–H and O–H groups in total. The Kier molecular flexibility index (Phi) is 2.64. The molecule has 0 saturated heterocycles. The summed E-state index contributed by atoms with van der Waals surface area (Å²) in [5.41, 5.74) is 5.42. The average molecular weight is 180 g/mol. The number of nitrogens with zero attached hydrogens (tertiary/aromatic N) is 1. The van der Waals surface area contributed by atoms with Crippen LogP contribution in [0, 0.1) is 5.92 Å². The predicted molar refractivity (Wildman–Crippen MR) is 50.1 cm³/mol. The summed E-state index contributed by atoms with van der Waals surface area (Å²) >= 11 is 0. The molecule has 1 heterocycles. The highest BCUT2D eigenvalue weighted by Gasteiger charge is 2.17. The molecule has 1 aliphatic carbocycles. The summed E-state index contributed by atoms with van der Waals surface area (Å²) in [6.07, 6.45) is 8.32. The van der Waals surface area contributed by atoms with E-state index in [1.165, 1.54) is 25.7 Å². The Morgan fingerprint density at radius 2 is 2.23 bits per heavy atom. The van der Waals surface area contributed by atoms with Crippen LogP contribution in [-0.2, 0) is 13.0 Å². The zero-order valence-electron chi connectivity index (χ0n) is 7.83. The highest BCUT2D eigenvalue weighted by atomic mass is 16.4. The van der Waals surface area contributed by atoms with Crippen LogP contribution < -0.4 is 5.73 Å². The van der Waals surface area contributed by atoms with Crippen LogP contribution >= 0.6 is 0 Å². The molecule has 3 heteroatoms. The van der Waals surface area contributed by atoms with E-state index in [1.54, 1.807) is 0 Å². The molecule has 1 saturated carbocycles. The first-order valence-corrected chi connectivity index (χ1v) is 5.02. The van der Waals surface area contributed by atoms with E-state index in [4.69, 9.17) is 10.2 Å². The van der Waals surface area contributed by atoms with Gasteiger partial charge in [0, 0.05) is 6.42 Å². The second kappa shape index (κ2) is 3.92. The third-order valence-corrected chi connectivity index (χ3v) is 2.74. The minimum absolute atomic E-state index is 0.407. The number of hydrogen-bond acceptors (Lipinski definition) is 3. The Morgan fingerprint density at radius 3 is 2.85 bits per heavy atom. The van der Waals surface area contributed by atoms with Gasteiger partial charge >= 0.3 is 0 Å². The summed E-state index contributed by atoms with van der Waals surface area (Å²) in [6, 6.07) is 0. The molecule has 1 fully saturated rings. The van der Waals surface area contributed by atoms with Crippen LogP contribution in [-0.4, -0.2) is 4.98 Å². The van der Waals surface area contributed by atoms with E-state index < -0.39 is 0 Å². The first-order valence-electron chi connectivity index (χ1n) is 5.02. The van der Waals surface area contributed by atoms with E-state index in [0.717, 1.165) is 18.1 Å². The molecule has 0 aliphatic heterocycles. The lowest BCUT2D eigenvalue weighted by Gasteiger charge is -2.04. The van der Waals surface area contributed by atoms with Gasteiger partial charge in [-0.25, -0.2) is 4.98 Å². The summed E-state index contributed by atoms with van der Waals surface area (Å²) in [4.78, 5) is 4.09. The van der Waals surface area contributed by atoms with E-state index >= 15 is 0 Å². The minimum atomic E-state index is 0.407. The zero-order chi connectivity index (χ0) is 9.10. The summed E-state index contributed by atoms with van der Waals surface area (Å²) < 4.78 is 5.46. The summed E-state index contributed by atoms with van der Waals surface area (Å²) in [5, 5.41) is 0. The van der Waals surface area contributed by atoms with Gasteiger partial charge in [-0.2, -0.15) is 0 Å². The van der Waals surface area contributed by atoms with Crippen LogP contribution in [0.3, 0.4) is 0 Å². The van der Waals surface area contributed by atoms with Crippen molar-refractivity contribution in [3.63, 3.8) is 0 Å². The van der Waals surface area contributed by atoms with Crippen molar-refractivity contribution in [1.82, 2.24) is 4.98 Å². The molecular formula is C10H16N2O. The maximum atomic E-state index is 5.46. The van der Waals surface area contributed by atoms with Crippen molar-refractivity contribution in [2.24, 2.45) is 11.7 Å². The monoisotopic (exact) mass is 180 g/mol. The van der Waals surface area contributed by atoms with Crippen molar-refractivity contribution in [2.45, 2.75) is 38.6 Å². The van der Waals surface area contributed by atoms with E-state index in [2.05, 4.69) is 4.98 Å². The third kappa shape index (κ3) is 2.10. The van der Waals surface area contributed by atoms with Gasteiger partial charge in [-0.15, -0.1) is 0 Å². The second-order valence-electron chi connectivity index (χ2n) is 3.78. The van der Waals surface area contributed by atoms with Gasteiger partial charge in [0.05, 0.1) is 12.7 Å². The molecule has 3 nitrogen and oxygen atoms in total. The Labute approximate surface area is 78.3 Å². The smallest absolute Gasteiger partial charge is 0.208 e. The van der Waals surface area contributed by atoms with Crippen LogP contribution in [0.1, 0.15) is 37.3 Å². The van der Waals surface area contributed by atoms with Gasteiger partial charge in [-0.3, -0.25) is 0 Å². The molecular weight excluding hydrogens is 164 g/mol. The van der Waals surface area contributed by atoms with E-state index in [9.17, 15) is 0 Å². The van der Waals surface area contributed by atoms with E-state index in [-0.39, 0.29) is 0 Å². The molecule has 0 atom stereocenters. The number of rotatable bonds is 3. The first-order chi connectivity index (χ1) is 6.38. The molecule has 72 valence electrons. The van der Waals surface area contributed by atoms with Gasteiger partial charge in [-0.05, 0) is 5.92 Å². The molecule has 1 aromatic heterocycles. The number of hydrogen-bond donors (Lipinski definition) is 1. The fourth-order valence-electron chi connectivity index (χ4n) is 2.04. The Hall–Kier alpha value is -0.830. The normalized spacial score (nSPS) is 18.2. The van der Waals surface area contributed by atoms with Gasteiger partial charge in [0.2, 0.25) is 5.89 Å². The lowest BCUT2D eigenvalue weighted by atomic mass is 10.0. The SMILES string of the molecule is NCc1ncc(CC2CCCC2)o1. The number of nitrogens with two attached hydrogens (primary N) is 1. The quantitative estimate of drug-likeness (QED) is 0.772. The van der Waals surface area contributed by atoms with Gasteiger partial charge in [0.15, 0.2) is 0 Å². The molecule has 1 aliphatic rings. The topological polar surface area (TPSA) is 52.0 Å². The fourth-order valence-corrected chi connectivity index (χ4v) is 2.04. The van der Waals surface area contributed by atoms with Crippen molar-refractivity contribution in [3.05, 3.63) is 17.8 Å². The van der Waals surface area contributed by atoms with Crippen molar-refractivity contribution in [1.29, 1.82) is 0 Å². The van der Waals surface area contributed by atoms with E-state index in [0.29, 0.717) is 12.4 Å². The Balaban J connectivity index is 1.92. The average Bonchev–Trinajstić information content (AvgIpc) is 2.76. The predicted octanol–water partition coefficient (Wildman–Crippen LogP) is 1.87. The highest BCUT2D eigenvalue weighted by Crippen LogP contribution is 2.27. The molecule has 0 bridgehead atoms. The van der Waals surface area contributed by atoms with Crippen molar-refractivity contribution < 1.29 is 4.42 Å². The minimum Gasteiger partial charge on any atom is -0.444 e. The molecule has 0 spiro atoms. The van der Waals surface area contributed by atoms with Gasteiger partial charge < -0.3 is 10.2 Å². The van der Waals surface area contributed by atoms with Crippen molar-refractivity contribution in [2.75, 3.05) is 0 Å². The fraction of sp³-hybridized carbons (Fsp3) is 0.700. The second-order valence-corrected chi connectivity index (χ2v) is 3.78. The largest absolute Gasteiger partial charge is 0.444 e. The Morgan fingerprint density at radius 1 is 1.46 bits per heavy atom. The molecule has 13 heavy (non-hydrogen) atoms. The van der Waals surface area contributed by atoms with Crippen molar-refractivity contribution in [3.8, 4) is 0 Å². The summed E-state index contributed by atoms with van der Waals surface area (Å²) in [7, 11) is 0. The van der Waals surface area contributed by atoms with Crippen LogP contribution in [0.15, 0.2) is 10.6 Å². The maximum Gasteiger partial charge on any atom is 0.208 e. The molecule has 0 amide bonds. The van der Waals surface area contributed by atoms with Gasteiger partial charge in [0.25, 0.3) is 0 Å². The third-order valence-electron chi connectivity index (χ3n) is 2.74. The maximum absolute atomic E-state index is 5.46. The standard InChI is InChI=1S/C10H16N2O/c11-6-10-12-7-9(13-10)5-8-3-1-2-4-8/h7-8H,1-6,11H2. The van der Waals surface area contributed by atoms with Gasteiger partial charge in [0.1, 0.15) is 5.76 Å². The van der Waals surface area contributed by atoms with Crippen LogP contribution in [0.25, 0.3) is 0 Å². The Bertz CT molecular complexity index is 264. The number of oxazole rings is 1. The molecule has 0 unspecified atom stereocenters. The van der Waals surface area contributed by atoms with Crippen LogP contribution in [0.2, 0.25) is 0 Å². The van der Waals surface area contributed by atoms with Crippen LogP contribution in [0.4, 0.5) is 0 Å². The summed E-state index contributed by atoms with van der Waals surface area (Å²) in [6.45, 7) is 0.407. The van der Waals surface area contributed by atoms with Crippen molar-refractivity contribution >= 4 is 0 Å². The zero-order valence-corrected chi connectivity index (χ0v) is 7.83. The lowest BCUT2D eigenvalue weighted by molar-refractivity contribution is 0.416. The first kappa shape index (κ1) is 8.75. The number of aromatic nitrogens is 1. The molecule has 0 aromatic carbocycles. The highest BCUT2D eigenvalue weighted by molar-refractivity contribution is 4.96. The summed E-state index contributed by atoms with van der Waals surface area (Å²) in [5.74, 6) is 2.49. The van der Waals surface area contributed by atoms with E-state index in [1.807, 2.05) is 6.20 Å².